The quantitative estimate of drug-likeness (QED) is 0.312. The number of aromatic nitrogens is 1. The van der Waals surface area contributed by atoms with Gasteiger partial charge >= 0.3 is 6.18 Å². The van der Waals surface area contributed by atoms with E-state index >= 15 is 0 Å². The van der Waals surface area contributed by atoms with E-state index in [1.807, 2.05) is 4.90 Å². The first-order valence-electron chi connectivity index (χ1n) is 12.1. The van der Waals surface area contributed by atoms with Gasteiger partial charge in [-0.25, -0.2) is 8.78 Å². The Morgan fingerprint density at radius 1 is 1.05 bits per heavy atom. The minimum atomic E-state index is -4.52. The third-order valence-corrected chi connectivity index (χ3v) is 6.17. The lowest BCUT2D eigenvalue weighted by molar-refractivity contribution is -0.153. The summed E-state index contributed by atoms with van der Waals surface area (Å²) < 4.78 is 74.7. The molecule has 1 saturated heterocycles. The predicted octanol–water partition coefficient (Wildman–Crippen LogP) is 4.81. The Morgan fingerprint density at radius 2 is 1.74 bits per heavy atom. The summed E-state index contributed by atoms with van der Waals surface area (Å²) in [6.45, 7) is 3.59. The number of piperazine rings is 1. The van der Waals surface area contributed by atoms with Crippen LogP contribution in [0.4, 0.5) is 27.6 Å². The van der Waals surface area contributed by atoms with Gasteiger partial charge in [0, 0.05) is 44.4 Å². The molecule has 2 aromatic carbocycles. The number of ether oxygens (including phenoxy) is 1. The predicted molar refractivity (Wildman–Crippen MR) is 130 cm³/mol. The van der Waals surface area contributed by atoms with E-state index in [1.54, 1.807) is 6.92 Å². The Labute approximate surface area is 216 Å². The van der Waals surface area contributed by atoms with E-state index in [9.17, 15) is 26.7 Å². The van der Waals surface area contributed by atoms with E-state index in [4.69, 9.17) is 9.26 Å². The molecule has 38 heavy (non-hydrogen) atoms. The number of rotatable bonds is 9. The zero-order chi connectivity index (χ0) is 27.3. The average Bonchev–Trinajstić information content (AvgIpc) is 3.27. The zero-order valence-corrected chi connectivity index (χ0v) is 20.7. The van der Waals surface area contributed by atoms with Gasteiger partial charge in [0.15, 0.2) is 6.61 Å². The number of carbonyl (C=O) groups excluding carboxylic acids is 1. The molecular weight excluding hydrogens is 511 g/mol. The van der Waals surface area contributed by atoms with Crippen LogP contribution in [0.25, 0.3) is 11.3 Å². The van der Waals surface area contributed by atoms with E-state index in [-0.39, 0.29) is 11.7 Å². The lowest BCUT2D eigenvalue weighted by atomic mass is 10.1. The van der Waals surface area contributed by atoms with Gasteiger partial charge in [-0.3, -0.25) is 9.69 Å². The number of hydrogen-bond donors (Lipinski definition) is 1. The molecule has 204 valence electrons. The van der Waals surface area contributed by atoms with E-state index in [2.05, 4.69) is 15.4 Å². The largest absolute Gasteiger partial charge is 0.482 e. The summed E-state index contributed by atoms with van der Waals surface area (Å²) in [6.07, 6.45) is -3.86. The van der Waals surface area contributed by atoms with Crippen molar-refractivity contribution in [2.75, 3.05) is 50.8 Å². The molecule has 0 unspecified atom stereocenters. The smallest absolute Gasteiger partial charge is 0.422 e. The van der Waals surface area contributed by atoms with Crippen molar-refractivity contribution in [1.29, 1.82) is 0 Å². The number of benzene rings is 2. The van der Waals surface area contributed by atoms with Gasteiger partial charge in [-0.15, -0.1) is 0 Å². The molecule has 0 radical (unpaired) electrons. The fourth-order valence-corrected chi connectivity index (χ4v) is 4.27. The minimum absolute atomic E-state index is 0.137. The number of carbonyl (C=O) groups is 1. The third kappa shape index (κ3) is 7.00. The van der Waals surface area contributed by atoms with Crippen LogP contribution in [0.5, 0.6) is 5.75 Å². The maximum absolute atomic E-state index is 13.6. The Morgan fingerprint density at radius 3 is 2.42 bits per heavy atom. The van der Waals surface area contributed by atoms with Gasteiger partial charge in [-0.2, -0.15) is 13.2 Å². The highest BCUT2D eigenvalue weighted by atomic mass is 19.4. The van der Waals surface area contributed by atoms with Crippen LogP contribution >= 0.6 is 0 Å². The summed E-state index contributed by atoms with van der Waals surface area (Å²) in [6, 6.07) is 9.22. The van der Waals surface area contributed by atoms with Gasteiger partial charge in [-0.05, 0) is 56.3 Å². The summed E-state index contributed by atoms with van der Waals surface area (Å²) in [7, 11) is 0. The van der Waals surface area contributed by atoms with Crippen LogP contribution in [0.1, 0.15) is 22.5 Å². The van der Waals surface area contributed by atoms with Crippen LogP contribution in [0.3, 0.4) is 0 Å². The molecular formula is C26H27F5N4O3. The molecule has 0 bridgehead atoms. The van der Waals surface area contributed by atoms with Crippen LogP contribution in [0.2, 0.25) is 0 Å². The van der Waals surface area contributed by atoms with Gasteiger partial charge in [0.2, 0.25) is 0 Å². The lowest BCUT2D eigenvalue weighted by Gasteiger charge is -2.36. The van der Waals surface area contributed by atoms with Gasteiger partial charge in [-0.1, -0.05) is 5.16 Å². The van der Waals surface area contributed by atoms with Crippen molar-refractivity contribution in [3.8, 4) is 17.0 Å². The van der Waals surface area contributed by atoms with E-state index in [0.717, 1.165) is 6.07 Å². The van der Waals surface area contributed by atoms with Crippen molar-refractivity contribution >= 4 is 11.6 Å². The molecule has 1 amide bonds. The Bertz CT molecular complexity index is 1240. The lowest BCUT2D eigenvalue weighted by Crippen LogP contribution is -2.47. The number of amides is 1. The molecule has 2 heterocycles. The average molecular weight is 539 g/mol. The van der Waals surface area contributed by atoms with Crippen LogP contribution in [0, 0.1) is 18.6 Å². The highest BCUT2D eigenvalue weighted by molar-refractivity contribution is 6.00. The second-order valence-electron chi connectivity index (χ2n) is 8.92. The van der Waals surface area contributed by atoms with Crippen LogP contribution in [-0.2, 0) is 0 Å². The van der Waals surface area contributed by atoms with E-state index in [1.165, 1.54) is 36.4 Å². The van der Waals surface area contributed by atoms with Crippen LogP contribution < -0.4 is 15.0 Å². The SMILES string of the molecule is Cc1onc(-c2ccc(F)cc2)c1C(=O)NCCCN1CCN(c2ccc(F)cc2OCC(F)(F)F)CC1. The van der Waals surface area contributed by atoms with Gasteiger partial charge < -0.3 is 19.5 Å². The Hall–Kier alpha value is -3.67. The number of anilines is 1. The molecule has 1 fully saturated rings. The van der Waals surface area contributed by atoms with Crippen molar-refractivity contribution in [1.82, 2.24) is 15.4 Å². The molecule has 0 saturated carbocycles. The molecule has 1 aliphatic heterocycles. The monoisotopic (exact) mass is 538 g/mol. The molecule has 1 aromatic heterocycles. The van der Waals surface area contributed by atoms with Crippen molar-refractivity contribution in [2.45, 2.75) is 19.5 Å². The van der Waals surface area contributed by atoms with Crippen molar-refractivity contribution in [2.24, 2.45) is 0 Å². The number of nitrogens with one attached hydrogen (secondary N) is 1. The molecule has 0 aliphatic carbocycles. The van der Waals surface area contributed by atoms with E-state index in [0.29, 0.717) is 74.0 Å². The van der Waals surface area contributed by atoms with Crippen LogP contribution in [-0.4, -0.2) is 68.0 Å². The van der Waals surface area contributed by atoms with Crippen molar-refractivity contribution < 1.29 is 36.0 Å². The molecule has 0 atom stereocenters. The fraction of sp³-hybridized carbons (Fsp3) is 0.385. The van der Waals surface area contributed by atoms with Gasteiger partial charge in [0.1, 0.15) is 34.4 Å². The highest BCUT2D eigenvalue weighted by Gasteiger charge is 2.30. The molecule has 3 aromatic rings. The maximum Gasteiger partial charge on any atom is 0.422 e. The molecule has 7 nitrogen and oxygen atoms in total. The van der Waals surface area contributed by atoms with Crippen LogP contribution in [0.15, 0.2) is 47.0 Å². The Kier molecular flexibility index (Phi) is 8.50. The summed E-state index contributed by atoms with van der Waals surface area (Å²) in [5, 5.41) is 6.81. The number of aryl methyl sites for hydroxylation is 1. The topological polar surface area (TPSA) is 70.8 Å². The van der Waals surface area contributed by atoms with Crippen molar-refractivity contribution in [3.63, 3.8) is 0 Å². The number of alkyl halides is 3. The van der Waals surface area contributed by atoms with E-state index < -0.39 is 24.4 Å². The minimum Gasteiger partial charge on any atom is -0.482 e. The molecule has 0 spiro atoms. The fourth-order valence-electron chi connectivity index (χ4n) is 4.27. The first kappa shape index (κ1) is 27.4. The summed E-state index contributed by atoms with van der Waals surface area (Å²) >= 11 is 0. The number of halogens is 5. The van der Waals surface area contributed by atoms with Gasteiger partial charge in [0.05, 0.1) is 5.69 Å². The second-order valence-corrected chi connectivity index (χ2v) is 8.92. The first-order chi connectivity index (χ1) is 18.1. The normalized spacial score (nSPS) is 14.5. The highest BCUT2D eigenvalue weighted by Crippen LogP contribution is 2.31. The third-order valence-electron chi connectivity index (χ3n) is 6.17. The Balaban J connectivity index is 1.25. The number of nitrogens with zero attached hydrogens (tertiary/aromatic N) is 3. The molecule has 4 rings (SSSR count). The summed E-state index contributed by atoms with van der Waals surface area (Å²) in [5.41, 5.74) is 1.63. The standard InChI is InChI=1S/C26H27F5N4O3/c1-17-23(24(33-38-17)18-3-5-19(27)6-4-18)25(36)32-9-2-10-34-11-13-35(14-12-34)21-8-7-20(28)15-22(21)37-16-26(29,30)31/h3-8,15H,2,9-14,16H2,1H3,(H,32,36). The maximum atomic E-state index is 13.6. The molecule has 1 aliphatic rings. The number of hydrogen-bond acceptors (Lipinski definition) is 6. The summed E-state index contributed by atoms with van der Waals surface area (Å²) in [5.74, 6) is -1.18. The molecule has 12 heteroatoms. The van der Waals surface area contributed by atoms with Crippen molar-refractivity contribution in [3.05, 3.63) is 65.4 Å². The van der Waals surface area contributed by atoms with Gasteiger partial charge in [0.25, 0.3) is 5.91 Å². The zero-order valence-electron chi connectivity index (χ0n) is 20.7. The molecule has 1 N–H and O–H groups in total. The first-order valence-corrected chi connectivity index (χ1v) is 12.1. The summed E-state index contributed by atoms with van der Waals surface area (Å²) in [4.78, 5) is 16.8. The second kappa shape index (κ2) is 11.8.